The van der Waals surface area contributed by atoms with E-state index in [0.29, 0.717) is 25.2 Å². The molecule has 2 aromatic heterocycles. The zero-order valence-electron chi connectivity index (χ0n) is 17.7. The first kappa shape index (κ1) is 21.4. The van der Waals surface area contributed by atoms with Crippen molar-refractivity contribution in [3.63, 3.8) is 0 Å². The summed E-state index contributed by atoms with van der Waals surface area (Å²) in [6.07, 6.45) is 6.12. The van der Waals surface area contributed by atoms with Gasteiger partial charge in [-0.3, -0.25) is 14.8 Å². The highest BCUT2D eigenvalue weighted by Gasteiger charge is 2.26. The monoisotopic (exact) mass is 438 g/mol. The highest BCUT2D eigenvalue weighted by molar-refractivity contribution is 7.88. The Labute approximate surface area is 182 Å². The first-order chi connectivity index (χ1) is 14.8. The van der Waals surface area contributed by atoms with Crippen LogP contribution in [0.3, 0.4) is 0 Å². The third kappa shape index (κ3) is 4.91. The van der Waals surface area contributed by atoms with Crippen molar-refractivity contribution in [3.8, 4) is 0 Å². The molecular formula is C23H26N4O3S. The summed E-state index contributed by atoms with van der Waals surface area (Å²) in [7, 11) is -1.36. The number of piperidine rings is 1. The van der Waals surface area contributed by atoms with Crippen LogP contribution in [-0.4, -0.2) is 59.9 Å². The van der Waals surface area contributed by atoms with Crippen molar-refractivity contribution in [3.05, 3.63) is 71.7 Å². The van der Waals surface area contributed by atoms with Gasteiger partial charge in [0.1, 0.15) is 0 Å². The molecule has 3 aromatic rings. The number of hydrogen-bond donors (Lipinski definition) is 0. The average Bonchev–Trinajstić information content (AvgIpc) is 2.78. The summed E-state index contributed by atoms with van der Waals surface area (Å²) in [6.45, 7) is 1.52. The molecule has 0 unspecified atom stereocenters. The second-order valence-electron chi connectivity index (χ2n) is 8.10. The van der Waals surface area contributed by atoms with Crippen LogP contribution in [0.2, 0.25) is 0 Å². The third-order valence-electron chi connectivity index (χ3n) is 5.81. The smallest absolute Gasteiger partial charge is 0.255 e. The quantitative estimate of drug-likeness (QED) is 0.611. The lowest BCUT2D eigenvalue weighted by molar-refractivity contribution is 0.0784. The van der Waals surface area contributed by atoms with Crippen molar-refractivity contribution in [1.82, 2.24) is 19.2 Å². The van der Waals surface area contributed by atoms with E-state index >= 15 is 0 Å². The summed E-state index contributed by atoms with van der Waals surface area (Å²) in [5.74, 6) is 0.128. The molecule has 31 heavy (non-hydrogen) atoms. The van der Waals surface area contributed by atoms with Gasteiger partial charge in [-0.25, -0.2) is 12.7 Å². The van der Waals surface area contributed by atoms with Crippen molar-refractivity contribution in [2.24, 2.45) is 0 Å². The number of carbonyl (C=O) groups is 1. The molecular weight excluding hydrogens is 412 g/mol. The second-order valence-corrected chi connectivity index (χ2v) is 10.1. The van der Waals surface area contributed by atoms with Gasteiger partial charge in [-0.15, -0.1) is 0 Å². The molecule has 0 atom stereocenters. The lowest BCUT2D eigenvalue weighted by Crippen LogP contribution is -2.37. The summed E-state index contributed by atoms with van der Waals surface area (Å²) >= 11 is 0. The van der Waals surface area contributed by atoms with Crippen LogP contribution in [0.15, 0.2) is 54.9 Å². The Bertz CT molecular complexity index is 1190. The van der Waals surface area contributed by atoms with Gasteiger partial charge in [-0.2, -0.15) is 0 Å². The van der Waals surface area contributed by atoms with E-state index in [4.69, 9.17) is 0 Å². The molecule has 3 heterocycles. The summed E-state index contributed by atoms with van der Waals surface area (Å²) in [6, 6.07) is 13.6. The summed E-state index contributed by atoms with van der Waals surface area (Å²) in [4.78, 5) is 23.4. The maximum absolute atomic E-state index is 12.9. The Morgan fingerprint density at radius 3 is 2.58 bits per heavy atom. The predicted octanol–water partition coefficient (Wildman–Crippen LogP) is 3.04. The fraction of sp³-hybridized carbons (Fsp3) is 0.348. The standard InChI is InChI=1S/C23H26N4O3S/c1-26(16-17-5-7-22-19(14-17)4-3-11-24-22)23(28)20-6-8-21(25-15-20)18-9-12-27(13-10-18)31(2,29)30/h3-8,11,14-15,18H,9-10,12-13,16H2,1-2H3. The van der Waals surface area contributed by atoms with E-state index in [0.717, 1.165) is 35.0 Å². The Balaban J connectivity index is 1.39. The van der Waals surface area contributed by atoms with Crippen molar-refractivity contribution in [2.45, 2.75) is 25.3 Å². The first-order valence-corrected chi connectivity index (χ1v) is 12.2. The zero-order chi connectivity index (χ0) is 22.0. The van der Waals surface area contributed by atoms with Gasteiger partial charge >= 0.3 is 0 Å². The van der Waals surface area contributed by atoms with Crippen LogP contribution < -0.4 is 0 Å². The molecule has 7 nitrogen and oxygen atoms in total. The molecule has 1 amide bonds. The largest absolute Gasteiger partial charge is 0.337 e. The molecule has 0 saturated carbocycles. The lowest BCUT2D eigenvalue weighted by Gasteiger charge is -2.29. The number of rotatable bonds is 5. The molecule has 4 rings (SSSR count). The SMILES string of the molecule is CN(Cc1ccc2ncccc2c1)C(=O)c1ccc(C2CCN(S(C)(=O)=O)CC2)nc1. The number of pyridine rings is 2. The first-order valence-electron chi connectivity index (χ1n) is 10.3. The highest BCUT2D eigenvalue weighted by Crippen LogP contribution is 2.27. The Morgan fingerprint density at radius 2 is 1.90 bits per heavy atom. The Kier molecular flexibility index (Phi) is 6.02. The van der Waals surface area contributed by atoms with E-state index in [-0.39, 0.29) is 11.8 Å². The molecule has 8 heteroatoms. The molecule has 0 N–H and O–H groups in total. The van der Waals surface area contributed by atoms with Crippen LogP contribution >= 0.6 is 0 Å². The fourth-order valence-corrected chi connectivity index (χ4v) is 4.92. The normalized spacial score (nSPS) is 15.8. The van der Waals surface area contributed by atoms with Crippen LogP contribution in [0.25, 0.3) is 10.9 Å². The van der Waals surface area contributed by atoms with Crippen LogP contribution in [0, 0.1) is 0 Å². The number of fused-ring (bicyclic) bond motifs is 1. The van der Waals surface area contributed by atoms with Crippen molar-refractivity contribution >= 4 is 26.8 Å². The van der Waals surface area contributed by atoms with Crippen LogP contribution in [0.4, 0.5) is 0 Å². The molecule has 1 aliphatic rings. The molecule has 0 spiro atoms. The van der Waals surface area contributed by atoms with Gasteiger partial charge in [-0.05, 0) is 48.7 Å². The third-order valence-corrected chi connectivity index (χ3v) is 7.11. The maximum atomic E-state index is 12.9. The van der Waals surface area contributed by atoms with E-state index in [1.165, 1.54) is 10.6 Å². The number of aromatic nitrogens is 2. The van der Waals surface area contributed by atoms with Crippen molar-refractivity contribution < 1.29 is 13.2 Å². The number of benzene rings is 1. The number of nitrogens with zero attached hydrogens (tertiary/aromatic N) is 4. The van der Waals surface area contributed by atoms with E-state index < -0.39 is 10.0 Å². The summed E-state index contributed by atoms with van der Waals surface area (Å²) in [5, 5.41) is 1.05. The molecule has 0 radical (unpaired) electrons. The summed E-state index contributed by atoms with van der Waals surface area (Å²) < 4.78 is 24.9. The molecule has 1 saturated heterocycles. The molecule has 0 aliphatic carbocycles. The lowest BCUT2D eigenvalue weighted by atomic mass is 9.94. The van der Waals surface area contributed by atoms with Gasteiger partial charge in [0.05, 0.1) is 17.3 Å². The molecule has 0 bridgehead atoms. The van der Waals surface area contributed by atoms with Gasteiger partial charge in [0, 0.05) is 56.1 Å². The van der Waals surface area contributed by atoms with E-state index in [9.17, 15) is 13.2 Å². The highest BCUT2D eigenvalue weighted by atomic mass is 32.2. The minimum Gasteiger partial charge on any atom is -0.337 e. The number of carbonyl (C=O) groups excluding carboxylic acids is 1. The van der Waals surface area contributed by atoms with Gasteiger partial charge < -0.3 is 4.90 Å². The van der Waals surface area contributed by atoms with E-state index in [2.05, 4.69) is 16.0 Å². The van der Waals surface area contributed by atoms with Crippen LogP contribution in [0.1, 0.15) is 40.4 Å². The maximum Gasteiger partial charge on any atom is 0.255 e. The van der Waals surface area contributed by atoms with Crippen molar-refractivity contribution in [2.75, 3.05) is 26.4 Å². The number of amides is 1. The molecule has 1 aliphatic heterocycles. The van der Waals surface area contributed by atoms with Gasteiger partial charge in [-0.1, -0.05) is 12.1 Å². The fourth-order valence-electron chi connectivity index (χ4n) is 4.05. The molecule has 162 valence electrons. The predicted molar refractivity (Wildman–Crippen MR) is 120 cm³/mol. The molecule has 1 fully saturated rings. The van der Waals surface area contributed by atoms with Crippen LogP contribution in [0.5, 0.6) is 0 Å². The zero-order valence-corrected chi connectivity index (χ0v) is 18.5. The van der Waals surface area contributed by atoms with Gasteiger partial charge in [0.25, 0.3) is 5.91 Å². The van der Waals surface area contributed by atoms with E-state index in [1.807, 2.05) is 36.4 Å². The topological polar surface area (TPSA) is 83.5 Å². The van der Waals surface area contributed by atoms with E-state index in [1.54, 1.807) is 24.3 Å². The van der Waals surface area contributed by atoms with Gasteiger partial charge in [0.15, 0.2) is 0 Å². The Hall–Kier alpha value is -2.84. The van der Waals surface area contributed by atoms with Gasteiger partial charge in [0.2, 0.25) is 10.0 Å². The Morgan fingerprint density at radius 1 is 1.13 bits per heavy atom. The summed E-state index contributed by atoms with van der Waals surface area (Å²) in [5.41, 5.74) is 3.43. The number of hydrogen-bond acceptors (Lipinski definition) is 5. The van der Waals surface area contributed by atoms with Crippen LogP contribution in [-0.2, 0) is 16.6 Å². The average molecular weight is 439 g/mol. The number of sulfonamides is 1. The molecule has 1 aromatic carbocycles. The second kappa shape index (κ2) is 8.72. The minimum absolute atomic E-state index is 0.0859. The van der Waals surface area contributed by atoms with Crippen molar-refractivity contribution in [1.29, 1.82) is 0 Å². The minimum atomic E-state index is -3.14.